The highest BCUT2D eigenvalue weighted by Crippen LogP contribution is 2.24. The van der Waals surface area contributed by atoms with Gasteiger partial charge in [0.1, 0.15) is 12.3 Å². The zero-order valence-corrected chi connectivity index (χ0v) is 19.9. The van der Waals surface area contributed by atoms with Gasteiger partial charge >= 0.3 is 0 Å². The molecule has 4 aromatic rings. The Morgan fingerprint density at radius 2 is 1.62 bits per heavy atom. The van der Waals surface area contributed by atoms with Crippen molar-refractivity contribution in [2.45, 2.75) is 6.54 Å². The highest BCUT2D eigenvalue weighted by molar-refractivity contribution is 5.68. The fourth-order valence-corrected chi connectivity index (χ4v) is 3.71. The van der Waals surface area contributed by atoms with E-state index >= 15 is 0 Å². The van der Waals surface area contributed by atoms with E-state index < -0.39 is 5.82 Å². The third kappa shape index (κ3) is 6.53. The molecule has 0 amide bonds. The standard InChI is InChI=1S/C26H25FN8O2/c27-24-17-29-26(33-25(24)35-10-12-37-13-11-35)34-30-16-21-4-5-22(15-28-21)32-20-3-1-2-19(14-20)31-18-6-8-23(36)9-7-18/h1-9,14-15,17,31-32,36H,10-13,16H2. The molecule has 2 aromatic heterocycles. The predicted molar refractivity (Wildman–Crippen MR) is 139 cm³/mol. The molecule has 0 spiro atoms. The van der Waals surface area contributed by atoms with Crippen molar-refractivity contribution in [2.75, 3.05) is 41.8 Å². The Kier molecular flexibility index (Phi) is 7.42. The first-order valence-corrected chi connectivity index (χ1v) is 11.7. The number of phenols is 1. The van der Waals surface area contributed by atoms with Gasteiger partial charge in [-0.15, -0.1) is 5.11 Å². The number of aromatic hydroxyl groups is 1. The summed E-state index contributed by atoms with van der Waals surface area (Å²) < 4.78 is 19.5. The second-order valence-corrected chi connectivity index (χ2v) is 8.26. The molecule has 11 heteroatoms. The van der Waals surface area contributed by atoms with Gasteiger partial charge in [-0.1, -0.05) is 6.07 Å². The molecule has 1 aliphatic heterocycles. The first kappa shape index (κ1) is 24.1. The first-order valence-electron chi connectivity index (χ1n) is 11.7. The summed E-state index contributed by atoms with van der Waals surface area (Å²) in [7, 11) is 0. The van der Waals surface area contributed by atoms with Crippen molar-refractivity contribution in [1.82, 2.24) is 15.0 Å². The van der Waals surface area contributed by atoms with Crippen molar-refractivity contribution < 1.29 is 14.2 Å². The Bertz CT molecular complexity index is 1360. The maximum atomic E-state index is 14.2. The minimum absolute atomic E-state index is 0.0990. The first-order chi connectivity index (χ1) is 18.1. The molecule has 0 aliphatic carbocycles. The third-order valence-corrected chi connectivity index (χ3v) is 5.55. The highest BCUT2D eigenvalue weighted by atomic mass is 19.1. The molecule has 188 valence electrons. The molecule has 1 saturated heterocycles. The number of nitrogens with one attached hydrogen (secondary N) is 2. The summed E-state index contributed by atoms with van der Waals surface area (Å²) in [6.45, 7) is 2.42. The minimum Gasteiger partial charge on any atom is -0.508 e. The smallest absolute Gasteiger partial charge is 0.270 e. The Hall–Kier alpha value is -4.64. The average Bonchev–Trinajstić information content (AvgIpc) is 2.93. The van der Waals surface area contributed by atoms with Crippen LogP contribution in [0.5, 0.6) is 5.75 Å². The van der Waals surface area contributed by atoms with Crippen LogP contribution in [0, 0.1) is 5.82 Å². The molecule has 1 fully saturated rings. The van der Waals surface area contributed by atoms with E-state index in [1.807, 2.05) is 41.3 Å². The Morgan fingerprint density at radius 3 is 2.35 bits per heavy atom. The van der Waals surface area contributed by atoms with Crippen LogP contribution in [-0.4, -0.2) is 46.4 Å². The van der Waals surface area contributed by atoms with Crippen LogP contribution in [0.25, 0.3) is 0 Å². The van der Waals surface area contributed by atoms with Gasteiger partial charge in [-0.3, -0.25) is 4.98 Å². The number of halogens is 1. The van der Waals surface area contributed by atoms with Crippen molar-refractivity contribution in [3.63, 3.8) is 0 Å². The molecule has 0 bridgehead atoms. The number of ether oxygens (including phenoxy) is 1. The summed E-state index contributed by atoms with van der Waals surface area (Å²) in [5, 5.41) is 24.2. The Labute approximate surface area is 212 Å². The highest BCUT2D eigenvalue weighted by Gasteiger charge is 2.17. The topological polar surface area (TPSA) is 120 Å². The van der Waals surface area contributed by atoms with E-state index in [9.17, 15) is 9.50 Å². The summed E-state index contributed by atoms with van der Waals surface area (Å²) in [6, 6.07) is 18.5. The lowest BCUT2D eigenvalue weighted by Crippen LogP contribution is -2.37. The van der Waals surface area contributed by atoms with Crippen LogP contribution in [0.4, 0.5) is 38.9 Å². The zero-order chi connectivity index (χ0) is 25.5. The summed E-state index contributed by atoms with van der Waals surface area (Å²) in [5.41, 5.74) is 4.20. The van der Waals surface area contributed by atoms with Crippen molar-refractivity contribution in [2.24, 2.45) is 10.2 Å². The van der Waals surface area contributed by atoms with Gasteiger partial charge in [-0.25, -0.2) is 9.37 Å². The predicted octanol–water partition coefficient (Wildman–Crippen LogP) is 5.32. The molecule has 10 nitrogen and oxygen atoms in total. The van der Waals surface area contributed by atoms with Gasteiger partial charge in [0, 0.05) is 30.2 Å². The molecular formula is C26H25FN8O2. The van der Waals surface area contributed by atoms with Crippen LogP contribution in [0.3, 0.4) is 0 Å². The van der Waals surface area contributed by atoms with Crippen molar-refractivity contribution in [3.05, 3.63) is 84.6 Å². The maximum Gasteiger partial charge on any atom is 0.270 e. The molecule has 0 unspecified atom stereocenters. The molecule has 37 heavy (non-hydrogen) atoms. The van der Waals surface area contributed by atoms with Gasteiger partial charge in [0.15, 0.2) is 11.6 Å². The Morgan fingerprint density at radius 1 is 0.892 bits per heavy atom. The average molecular weight is 501 g/mol. The molecule has 5 rings (SSSR count). The summed E-state index contributed by atoms with van der Waals surface area (Å²) in [6.07, 6.45) is 2.83. The van der Waals surface area contributed by atoms with Crippen LogP contribution in [0.2, 0.25) is 0 Å². The molecule has 0 atom stereocenters. The summed E-state index contributed by atoms with van der Waals surface area (Å²) >= 11 is 0. The van der Waals surface area contributed by atoms with Crippen LogP contribution < -0.4 is 15.5 Å². The minimum atomic E-state index is -0.493. The fraction of sp³-hybridized carbons (Fsp3) is 0.192. The normalized spacial score (nSPS) is 13.6. The van der Waals surface area contributed by atoms with Gasteiger partial charge in [0.2, 0.25) is 0 Å². The SMILES string of the molecule is Oc1ccc(Nc2cccc(Nc3ccc(CN=Nc4ncc(F)c(N5CCOCC5)n4)nc3)c2)cc1. The lowest BCUT2D eigenvalue weighted by Gasteiger charge is -2.27. The second-order valence-electron chi connectivity index (χ2n) is 8.26. The zero-order valence-electron chi connectivity index (χ0n) is 19.9. The number of benzene rings is 2. The van der Waals surface area contributed by atoms with E-state index in [4.69, 9.17) is 4.74 Å². The number of aromatic nitrogens is 3. The lowest BCUT2D eigenvalue weighted by molar-refractivity contribution is 0.122. The lowest BCUT2D eigenvalue weighted by atomic mass is 10.2. The second kappa shape index (κ2) is 11.4. The van der Waals surface area contributed by atoms with Gasteiger partial charge in [-0.2, -0.15) is 10.1 Å². The number of azo groups is 1. The van der Waals surface area contributed by atoms with E-state index in [2.05, 4.69) is 35.8 Å². The fourth-order valence-electron chi connectivity index (χ4n) is 3.71. The quantitative estimate of drug-likeness (QED) is 0.220. The molecule has 0 radical (unpaired) electrons. The number of pyridine rings is 1. The number of phenolic OH excluding ortho intramolecular Hbond substituents is 1. The number of hydrogen-bond donors (Lipinski definition) is 3. The van der Waals surface area contributed by atoms with Gasteiger partial charge in [0.25, 0.3) is 5.95 Å². The monoisotopic (exact) mass is 500 g/mol. The number of morpholine rings is 1. The van der Waals surface area contributed by atoms with E-state index in [0.717, 1.165) is 28.9 Å². The number of anilines is 5. The van der Waals surface area contributed by atoms with Crippen LogP contribution in [0.1, 0.15) is 5.69 Å². The van der Waals surface area contributed by atoms with Crippen LogP contribution in [-0.2, 0) is 11.3 Å². The van der Waals surface area contributed by atoms with E-state index in [-0.39, 0.29) is 24.1 Å². The van der Waals surface area contributed by atoms with Gasteiger partial charge in [0.05, 0.1) is 37.0 Å². The summed E-state index contributed by atoms with van der Waals surface area (Å²) in [5.74, 6) is 0.0393. The number of hydrogen-bond acceptors (Lipinski definition) is 10. The molecule has 3 heterocycles. The van der Waals surface area contributed by atoms with Crippen molar-refractivity contribution in [1.29, 1.82) is 0 Å². The van der Waals surface area contributed by atoms with Crippen LogP contribution in [0.15, 0.2) is 83.3 Å². The van der Waals surface area contributed by atoms with E-state index in [0.29, 0.717) is 32.0 Å². The van der Waals surface area contributed by atoms with Crippen molar-refractivity contribution >= 4 is 34.5 Å². The maximum absolute atomic E-state index is 14.2. The molecule has 3 N–H and O–H groups in total. The summed E-state index contributed by atoms with van der Waals surface area (Å²) in [4.78, 5) is 14.4. The van der Waals surface area contributed by atoms with Gasteiger partial charge in [-0.05, 0) is 54.6 Å². The molecule has 0 saturated carbocycles. The van der Waals surface area contributed by atoms with Crippen LogP contribution >= 0.6 is 0 Å². The number of nitrogens with zero attached hydrogens (tertiary/aromatic N) is 6. The third-order valence-electron chi connectivity index (χ3n) is 5.55. The largest absolute Gasteiger partial charge is 0.508 e. The molecule has 1 aliphatic rings. The van der Waals surface area contributed by atoms with E-state index in [1.54, 1.807) is 30.5 Å². The van der Waals surface area contributed by atoms with E-state index in [1.165, 1.54) is 0 Å². The number of rotatable bonds is 8. The molecular weight excluding hydrogens is 475 g/mol. The van der Waals surface area contributed by atoms with Gasteiger partial charge < -0.3 is 25.4 Å². The Balaban J connectivity index is 1.17. The molecule has 2 aromatic carbocycles. The van der Waals surface area contributed by atoms with Crippen molar-refractivity contribution in [3.8, 4) is 5.75 Å².